The zero-order valence-corrected chi connectivity index (χ0v) is 10.2. The summed E-state index contributed by atoms with van der Waals surface area (Å²) in [6.07, 6.45) is 0. The van der Waals surface area contributed by atoms with E-state index in [0.717, 1.165) is 11.9 Å². The third-order valence-corrected chi connectivity index (χ3v) is 2.22. The van der Waals surface area contributed by atoms with Gasteiger partial charge in [-0.25, -0.2) is 0 Å². The molecule has 1 aromatic carbocycles. The summed E-state index contributed by atoms with van der Waals surface area (Å²) in [7, 11) is 0. The number of hydrogen-bond acceptors (Lipinski definition) is 4. The number of hydrogen-bond donors (Lipinski definition) is 1. The van der Waals surface area contributed by atoms with Crippen molar-refractivity contribution in [1.82, 2.24) is 4.72 Å². The van der Waals surface area contributed by atoms with Crippen molar-refractivity contribution in [2.45, 2.75) is 11.8 Å². The maximum absolute atomic E-state index is 10.6. The lowest BCUT2D eigenvalue weighted by atomic mass is 10.3. The molecule has 11 heteroatoms. The first-order chi connectivity index (χ1) is 6.59. The van der Waals surface area contributed by atoms with Crippen molar-refractivity contribution in [3.63, 3.8) is 0 Å². The Bertz CT molecular complexity index is 383. The highest BCUT2D eigenvalue weighted by molar-refractivity contribution is 7.98. The molecule has 5 nitrogen and oxygen atoms in total. The average molecular weight is 312 g/mol. The lowest BCUT2D eigenvalue weighted by Crippen LogP contribution is -2.09. The molecule has 1 rings (SSSR count). The van der Waals surface area contributed by atoms with E-state index >= 15 is 0 Å². The minimum atomic E-state index is -0.474. The fraction of sp³-hybridized carbons (Fsp3) is 0.125. The summed E-state index contributed by atoms with van der Waals surface area (Å²) in [5.41, 5.74) is 0.0142. The van der Waals surface area contributed by atoms with E-state index in [1.54, 1.807) is 12.1 Å². The van der Waals surface area contributed by atoms with Crippen LogP contribution in [0, 0.1) is 10.1 Å². The van der Waals surface area contributed by atoms with Gasteiger partial charge < -0.3 is 0 Å². The summed E-state index contributed by atoms with van der Waals surface area (Å²) in [5.74, 6) is -0.193. The van der Waals surface area contributed by atoms with E-state index in [-0.39, 0.29) is 35.1 Å². The van der Waals surface area contributed by atoms with Crippen molar-refractivity contribution < 1.29 is 33.2 Å². The van der Waals surface area contributed by atoms with Crippen LogP contribution in [0.3, 0.4) is 0 Å². The van der Waals surface area contributed by atoms with E-state index in [2.05, 4.69) is 4.72 Å². The molecule has 19 heavy (non-hydrogen) atoms. The number of nitro benzene ring substituents is 1. The standard InChI is InChI=1S/C8H8N2O3S.5FH/c1-6(11)9-14-8-4-2-3-7(5-8)10(12)13;;;;;/h2-5H,1H3,(H,9,11);5*1H. The molecule has 0 aliphatic rings. The Morgan fingerprint density at radius 3 is 2.16 bits per heavy atom. The number of nitrogens with zero attached hydrogens (tertiary/aromatic N) is 1. The molecule has 0 aliphatic carbocycles. The Labute approximate surface area is 108 Å². The Morgan fingerprint density at radius 2 is 1.74 bits per heavy atom. The van der Waals surface area contributed by atoms with Gasteiger partial charge in [0.2, 0.25) is 5.91 Å². The van der Waals surface area contributed by atoms with Gasteiger partial charge >= 0.3 is 0 Å². The van der Waals surface area contributed by atoms with E-state index in [1.165, 1.54) is 19.1 Å². The van der Waals surface area contributed by atoms with Crippen LogP contribution < -0.4 is 4.72 Å². The molecule has 0 atom stereocenters. The molecule has 0 spiro atoms. The third-order valence-electron chi connectivity index (χ3n) is 1.34. The first kappa shape index (κ1) is 30.3. The van der Waals surface area contributed by atoms with E-state index in [9.17, 15) is 14.9 Å². The molecule has 114 valence electrons. The summed E-state index contributed by atoms with van der Waals surface area (Å²) in [6, 6.07) is 6.06. The molecular formula is C8H13F5N2O3S. The monoisotopic (exact) mass is 312 g/mol. The summed E-state index contributed by atoms with van der Waals surface area (Å²) in [4.78, 5) is 21.1. The van der Waals surface area contributed by atoms with Crippen LogP contribution in [0.4, 0.5) is 29.2 Å². The minimum absolute atomic E-state index is 0. The van der Waals surface area contributed by atoms with Crippen molar-refractivity contribution in [1.29, 1.82) is 0 Å². The number of carbonyl (C=O) groups is 1. The molecule has 0 fully saturated rings. The molecule has 1 amide bonds. The highest BCUT2D eigenvalue weighted by Gasteiger charge is 2.05. The molecule has 0 bridgehead atoms. The smallest absolute Gasteiger partial charge is 0.270 e. The third kappa shape index (κ3) is 10.9. The zero-order valence-electron chi connectivity index (χ0n) is 9.43. The van der Waals surface area contributed by atoms with Crippen LogP contribution in [0.2, 0.25) is 0 Å². The van der Waals surface area contributed by atoms with Crippen LogP contribution >= 0.6 is 11.9 Å². The second-order valence-electron chi connectivity index (χ2n) is 2.51. The Kier molecular flexibility index (Phi) is 22.5. The number of benzene rings is 1. The highest BCUT2D eigenvalue weighted by Crippen LogP contribution is 2.20. The first-order valence-electron chi connectivity index (χ1n) is 3.77. The van der Waals surface area contributed by atoms with Crippen LogP contribution in [0.5, 0.6) is 0 Å². The van der Waals surface area contributed by atoms with E-state index in [4.69, 9.17) is 0 Å². The Balaban J connectivity index is -0.000000131. The molecule has 1 N–H and O–H groups in total. The topological polar surface area (TPSA) is 72.2 Å². The lowest BCUT2D eigenvalue weighted by molar-refractivity contribution is -0.385. The molecule has 0 radical (unpaired) electrons. The molecule has 0 saturated heterocycles. The Morgan fingerprint density at radius 1 is 1.21 bits per heavy atom. The van der Waals surface area contributed by atoms with Gasteiger partial charge in [0, 0.05) is 24.0 Å². The number of rotatable bonds is 3. The van der Waals surface area contributed by atoms with Crippen LogP contribution in [0.15, 0.2) is 29.2 Å². The van der Waals surface area contributed by atoms with Gasteiger partial charge in [0.15, 0.2) is 0 Å². The van der Waals surface area contributed by atoms with Crippen molar-refractivity contribution in [2.24, 2.45) is 0 Å². The van der Waals surface area contributed by atoms with Crippen LogP contribution in [-0.2, 0) is 4.79 Å². The number of amides is 1. The minimum Gasteiger partial charge on any atom is -0.296 e. The highest BCUT2D eigenvalue weighted by atomic mass is 32.2. The normalized spacial score (nSPS) is 7.00. The second-order valence-corrected chi connectivity index (χ2v) is 3.39. The molecule has 0 unspecified atom stereocenters. The summed E-state index contributed by atoms with van der Waals surface area (Å²) >= 11 is 1.06. The van der Waals surface area contributed by atoms with Gasteiger partial charge in [0.1, 0.15) is 0 Å². The van der Waals surface area contributed by atoms with Crippen molar-refractivity contribution in [3.8, 4) is 0 Å². The van der Waals surface area contributed by atoms with Gasteiger partial charge in [-0.05, 0) is 18.0 Å². The number of halogens is 5. The lowest BCUT2D eigenvalue weighted by Gasteiger charge is -2.00. The largest absolute Gasteiger partial charge is 0.296 e. The maximum atomic E-state index is 10.6. The van der Waals surface area contributed by atoms with Gasteiger partial charge in [0.05, 0.1) is 4.92 Å². The van der Waals surface area contributed by atoms with Crippen LogP contribution in [0.1, 0.15) is 6.92 Å². The molecule has 0 heterocycles. The van der Waals surface area contributed by atoms with Gasteiger partial charge in [-0.2, -0.15) is 0 Å². The number of nitrogens with one attached hydrogen (secondary N) is 1. The number of non-ortho nitro benzene ring substituents is 1. The molecule has 0 aromatic heterocycles. The van der Waals surface area contributed by atoms with Crippen molar-refractivity contribution >= 4 is 23.5 Å². The summed E-state index contributed by atoms with van der Waals surface area (Å²) < 4.78 is 2.48. The fourth-order valence-electron chi connectivity index (χ4n) is 0.791. The SMILES string of the molecule is CC(=O)NSc1cccc([N+](=O)[O-])c1.F.F.F.F.F. The fourth-order valence-corrected chi connectivity index (χ4v) is 1.38. The first-order valence-corrected chi connectivity index (χ1v) is 4.59. The van der Waals surface area contributed by atoms with Gasteiger partial charge in [0.25, 0.3) is 5.69 Å². The van der Waals surface area contributed by atoms with E-state index in [0.29, 0.717) is 4.90 Å². The molecular weight excluding hydrogens is 299 g/mol. The molecule has 0 saturated carbocycles. The van der Waals surface area contributed by atoms with Crippen LogP contribution in [0.25, 0.3) is 0 Å². The number of nitro groups is 1. The molecule has 0 aliphatic heterocycles. The average Bonchev–Trinajstić information content (AvgIpc) is 2.15. The quantitative estimate of drug-likeness (QED) is 0.403. The second kappa shape index (κ2) is 14.2. The molecule has 1 aromatic rings. The predicted molar refractivity (Wildman–Crippen MR) is 65.3 cm³/mol. The van der Waals surface area contributed by atoms with Crippen molar-refractivity contribution in [3.05, 3.63) is 34.4 Å². The number of carbonyl (C=O) groups excluding carboxylic acids is 1. The van der Waals surface area contributed by atoms with Gasteiger partial charge in [-0.1, -0.05) is 6.07 Å². The Hall–Kier alpha value is -1.91. The predicted octanol–water partition coefficient (Wildman–Crippen LogP) is 2.50. The van der Waals surface area contributed by atoms with Gasteiger partial charge in [-0.15, -0.1) is 0 Å². The van der Waals surface area contributed by atoms with Crippen molar-refractivity contribution in [2.75, 3.05) is 0 Å². The van der Waals surface area contributed by atoms with E-state index in [1.807, 2.05) is 0 Å². The maximum Gasteiger partial charge on any atom is 0.270 e. The summed E-state index contributed by atoms with van der Waals surface area (Å²) in [6.45, 7) is 1.38. The van der Waals surface area contributed by atoms with Crippen LogP contribution in [-0.4, -0.2) is 10.8 Å². The zero-order chi connectivity index (χ0) is 10.6. The summed E-state index contributed by atoms with van der Waals surface area (Å²) in [5, 5.41) is 10.4. The van der Waals surface area contributed by atoms with E-state index < -0.39 is 4.92 Å². The van der Waals surface area contributed by atoms with Gasteiger partial charge in [-0.3, -0.25) is 43.2 Å².